The molecule has 0 aromatic heterocycles. The Kier molecular flexibility index (Phi) is 69.5. The van der Waals surface area contributed by atoms with Gasteiger partial charge in [-0.2, -0.15) is 0 Å². The fourth-order valence-corrected chi connectivity index (χ4v) is 12.0. The zero-order chi connectivity index (χ0) is 58.5. The third-order valence-electron chi connectivity index (χ3n) is 17.6. The van der Waals surface area contributed by atoms with Crippen LogP contribution < -0.4 is 0 Å². The van der Waals surface area contributed by atoms with E-state index in [0.717, 1.165) is 57.8 Å². The van der Waals surface area contributed by atoms with E-state index in [9.17, 15) is 14.4 Å². The molecule has 0 aromatic carbocycles. The Morgan fingerprint density at radius 2 is 0.333 bits per heavy atom. The van der Waals surface area contributed by atoms with Gasteiger partial charge in [-0.15, -0.1) is 0 Å². The summed E-state index contributed by atoms with van der Waals surface area (Å²) in [7, 11) is 0. The van der Waals surface area contributed by atoms with Gasteiger partial charge in [-0.25, -0.2) is 0 Å². The number of ether oxygens (including phenoxy) is 3. The smallest absolute Gasteiger partial charge is 0.306 e. The van der Waals surface area contributed by atoms with Crippen molar-refractivity contribution in [2.45, 2.75) is 451 Å². The van der Waals surface area contributed by atoms with Crippen LogP contribution in [-0.2, 0) is 28.6 Å². The van der Waals surface area contributed by atoms with Crippen LogP contribution in [0.4, 0.5) is 0 Å². The van der Waals surface area contributed by atoms with Gasteiger partial charge in [-0.3, -0.25) is 14.4 Å². The summed E-state index contributed by atoms with van der Waals surface area (Å²) >= 11 is 0. The second-order valence-electron chi connectivity index (χ2n) is 25.9. The maximum absolute atomic E-state index is 13.0. The standard InChI is InChI=1S/C75H146O6/c1-4-7-10-13-16-19-22-25-27-29-31-33-35-36-37-38-39-40-41-43-44-46-48-50-53-56-59-62-65-68-74(77)80-71-72(70-79-73(76)67-64-61-58-55-52-24-21-18-15-12-9-6-3)81-75(78)69-66-63-60-57-54-51-49-47-45-42-34-32-30-28-26-23-20-17-14-11-8-5-2/h72H,4-71H2,1-3H3. The molecule has 0 saturated carbocycles. The molecule has 482 valence electrons. The van der Waals surface area contributed by atoms with Crippen LogP contribution in [0.2, 0.25) is 0 Å². The second kappa shape index (κ2) is 70.9. The summed E-state index contributed by atoms with van der Waals surface area (Å²) < 4.78 is 17.0. The summed E-state index contributed by atoms with van der Waals surface area (Å²) in [4.78, 5) is 38.4. The van der Waals surface area contributed by atoms with Gasteiger partial charge in [0.2, 0.25) is 0 Å². The molecule has 0 fully saturated rings. The first-order chi connectivity index (χ1) is 40.0. The van der Waals surface area contributed by atoms with Crippen molar-refractivity contribution in [1.82, 2.24) is 0 Å². The Morgan fingerprint density at radius 3 is 0.494 bits per heavy atom. The zero-order valence-corrected chi connectivity index (χ0v) is 55.6. The normalized spacial score (nSPS) is 11.9. The topological polar surface area (TPSA) is 78.9 Å². The third-order valence-corrected chi connectivity index (χ3v) is 17.6. The SMILES string of the molecule is CCCCCCCCCCCCCCCCCCCCCCCCCCCCCCCC(=O)OCC(COC(=O)CCCCCCCCCCCCCC)OC(=O)CCCCCCCCCCCCCCCCCCCCCCCC. The first kappa shape index (κ1) is 79.4. The predicted molar refractivity (Wildman–Crippen MR) is 354 cm³/mol. The molecule has 0 aromatic rings. The Bertz CT molecular complexity index is 1220. The Labute approximate surface area is 508 Å². The molecule has 6 nitrogen and oxygen atoms in total. The molecule has 0 bridgehead atoms. The molecule has 0 N–H and O–H groups in total. The molecule has 0 heterocycles. The molecule has 0 aliphatic heterocycles. The lowest BCUT2D eigenvalue weighted by Gasteiger charge is -2.18. The number of carbonyl (C=O) groups is 3. The summed E-state index contributed by atoms with van der Waals surface area (Å²) in [5, 5.41) is 0. The lowest BCUT2D eigenvalue weighted by Crippen LogP contribution is -2.30. The number of esters is 3. The van der Waals surface area contributed by atoms with Crippen LogP contribution in [0.3, 0.4) is 0 Å². The minimum atomic E-state index is -0.763. The summed E-state index contributed by atoms with van der Waals surface area (Å²) in [5.74, 6) is -0.819. The highest BCUT2D eigenvalue weighted by atomic mass is 16.6. The fourth-order valence-electron chi connectivity index (χ4n) is 12.0. The van der Waals surface area contributed by atoms with Gasteiger partial charge >= 0.3 is 17.9 Å². The fraction of sp³-hybridized carbons (Fsp3) is 0.960. The molecule has 1 atom stereocenters. The van der Waals surface area contributed by atoms with Crippen LogP contribution in [0.1, 0.15) is 445 Å². The average molecular weight is 1140 g/mol. The van der Waals surface area contributed by atoms with Crippen molar-refractivity contribution in [2.75, 3.05) is 13.2 Å². The zero-order valence-electron chi connectivity index (χ0n) is 55.6. The van der Waals surface area contributed by atoms with Gasteiger partial charge in [0.15, 0.2) is 6.10 Å². The lowest BCUT2D eigenvalue weighted by molar-refractivity contribution is -0.167. The van der Waals surface area contributed by atoms with E-state index >= 15 is 0 Å². The van der Waals surface area contributed by atoms with Crippen molar-refractivity contribution in [2.24, 2.45) is 0 Å². The van der Waals surface area contributed by atoms with Crippen LogP contribution >= 0.6 is 0 Å². The number of hydrogen-bond acceptors (Lipinski definition) is 6. The Morgan fingerprint density at radius 1 is 0.198 bits per heavy atom. The van der Waals surface area contributed by atoms with E-state index in [4.69, 9.17) is 14.2 Å². The van der Waals surface area contributed by atoms with Crippen molar-refractivity contribution in [3.63, 3.8) is 0 Å². The van der Waals surface area contributed by atoms with Crippen molar-refractivity contribution >= 4 is 17.9 Å². The summed E-state index contributed by atoms with van der Waals surface area (Å²) in [6.45, 7) is 6.74. The Balaban J connectivity index is 4.11. The van der Waals surface area contributed by atoms with Gasteiger partial charge in [0.1, 0.15) is 13.2 Å². The van der Waals surface area contributed by atoms with E-state index in [1.807, 2.05) is 0 Å². The van der Waals surface area contributed by atoms with Crippen LogP contribution in [0.15, 0.2) is 0 Å². The highest BCUT2D eigenvalue weighted by molar-refractivity contribution is 5.71. The molecular weight excluding hydrogens is 997 g/mol. The quantitative estimate of drug-likeness (QED) is 0.0343. The van der Waals surface area contributed by atoms with Crippen molar-refractivity contribution in [3.05, 3.63) is 0 Å². The highest BCUT2D eigenvalue weighted by Crippen LogP contribution is 2.20. The molecule has 81 heavy (non-hydrogen) atoms. The van der Waals surface area contributed by atoms with Crippen LogP contribution in [0.25, 0.3) is 0 Å². The van der Waals surface area contributed by atoms with Crippen LogP contribution in [0, 0.1) is 0 Å². The summed E-state index contributed by atoms with van der Waals surface area (Å²) in [6.07, 6.45) is 84.5. The van der Waals surface area contributed by atoms with Gasteiger partial charge in [-0.05, 0) is 19.3 Å². The molecule has 0 rings (SSSR count). The molecule has 1 unspecified atom stereocenters. The van der Waals surface area contributed by atoms with Crippen LogP contribution in [-0.4, -0.2) is 37.2 Å². The second-order valence-corrected chi connectivity index (χ2v) is 25.9. The molecule has 0 spiro atoms. The monoisotopic (exact) mass is 1140 g/mol. The number of rotatable bonds is 71. The van der Waals surface area contributed by atoms with Crippen molar-refractivity contribution < 1.29 is 28.6 Å². The molecule has 0 aliphatic rings. The summed E-state index contributed by atoms with van der Waals surface area (Å²) in [6, 6.07) is 0. The van der Waals surface area contributed by atoms with E-state index < -0.39 is 6.10 Å². The maximum atomic E-state index is 13.0. The van der Waals surface area contributed by atoms with E-state index in [0.29, 0.717) is 19.3 Å². The lowest BCUT2D eigenvalue weighted by atomic mass is 10.0. The van der Waals surface area contributed by atoms with Gasteiger partial charge in [0, 0.05) is 19.3 Å². The van der Waals surface area contributed by atoms with Crippen molar-refractivity contribution in [1.29, 1.82) is 0 Å². The number of carbonyl (C=O) groups excluding carboxylic acids is 3. The van der Waals surface area contributed by atoms with Gasteiger partial charge in [0.25, 0.3) is 0 Å². The van der Waals surface area contributed by atoms with E-state index in [1.165, 1.54) is 347 Å². The van der Waals surface area contributed by atoms with Crippen molar-refractivity contribution in [3.8, 4) is 0 Å². The minimum Gasteiger partial charge on any atom is -0.462 e. The minimum absolute atomic E-state index is 0.0601. The molecule has 0 amide bonds. The van der Waals surface area contributed by atoms with Gasteiger partial charge < -0.3 is 14.2 Å². The maximum Gasteiger partial charge on any atom is 0.306 e. The number of hydrogen-bond donors (Lipinski definition) is 0. The van der Waals surface area contributed by atoms with Crippen LogP contribution in [0.5, 0.6) is 0 Å². The molecule has 6 heteroatoms. The van der Waals surface area contributed by atoms with Gasteiger partial charge in [0.05, 0.1) is 0 Å². The number of unbranched alkanes of at least 4 members (excludes halogenated alkanes) is 60. The van der Waals surface area contributed by atoms with E-state index in [-0.39, 0.29) is 31.1 Å². The Hall–Kier alpha value is -1.59. The van der Waals surface area contributed by atoms with E-state index in [1.54, 1.807) is 0 Å². The summed E-state index contributed by atoms with van der Waals surface area (Å²) in [5.41, 5.74) is 0. The first-order valence-corrected chi connectivity index (χ1v) is 37.5. The largest absolute Gasteiger partial charge is 0.462 e. The predicted octanol–water partition coefficient (Wildman–Crippen LogP) is 25.8. The molecular formula is C75H146O6. The molecule has 0 radical (unpaired) electrons. The third kappa shape index (κ3) is 69.1. The van der Waals surface area contributed by atoms with Gasteiger partial charge in [-0.1, -0.05) is 406 Å². The highest BCUT2D eigenvalue weighted by Gasteiger charge is 2.20. The van der Waals surface area contributed by atoms with E-state index in [2.05, 4.69) is 20.8 Å². The molecule has 0 aliphatic carbocycles. The average Bonchev–Trinajstić information content (AvgIpc) is 3.47. The molecule has 0 saturated heterocycles. The first-order valence-electron chi connectivity index (χ1n) is 37.5.